The Bertz CT molecular complexity index is 921. The van der Waals surface area contributed by atoms with Crippen molar-refractivity contribution in [2.45, 2.75) is 56.5 Å². The molecular formula is C21H27N3O3S. The second-order valence-electron chi connectivity index (χ2n) is 7.47. The van der Waals surface area contributed by atoms with Crippen LogP contribution < -0.4 is 15.4 Å². The highest BCUT2D eigenvalue weighted by atomic mass is 32.2. The minimum Gasteiger partial charge on any atom is -0.383 e. The minimum absolute atomic E-state index is 0.0542. The van der Waals surface area contributed by atoms with Gasteiger partial charge in [-0.1, -0.05) is 31.0 Å². The van der Waals surface area contributed by atoms with Crippen molar-refractivity contribution in [1.29, 1.82) is 0 Å². The molecule has 150 valence electrons. The third-order valence-corrected chi connectivity index (χ3v) is 6.01. The van der Waals surface area contributed by atoms with Crippen LogP contribution in [-0.2, 0) is 10.0 Å². The van der Waals surface area contributed by atoms with Gasteiger partial charge in [-0.2, -0.15) is 0 Å². The van der Waals surface area contributed by atoms with Crippen molar-refractivity contribution in [2.24, 2.45) is 0 Å². The summed E-state index contributed by atoms with van der Waals surface area (Å²) in [7, 11) is -3.82. The van der Waals surface area contributed by atoms with E-state index in [2.05, 4.69) is 15.4 Å². The predicted molar refractivity (Wildman–Crippen MR) is 112 cm³/mol. The first kappa shape index (κ1) is 20.2. The van der Waals surface area contributed by atoms with E-state index < -0.39 is 10.0 Å². The molecule has 0 aromatic heterocycles. The van der Waals surface area contributed by atoms with Gasteiger partial charge in [0.1, 0.15) is 0 Å². The standard InChI is InChI=1S/C21H27N3O3S/c1-15(2)22-19-12-16(21(25)23-17-8-6-7-9-17)13-20(14-19)28(26,27)24-18-10-4-3-5-11-18/h3-5,10-15,17,22,24H,6-9H2,1-2H3,(H,23,25). The maximum absolute atomic E-state index is 12.9. The normalized spacial score (nSPS) is 14.8. The minimum atomic E-state index is -3.82. The van der Waals surface area contributed by atoms with Crippen molar-refractivity contribution in [3.8, 4) is 0 Å². The summed E-state index contributed by atoms with van der Waals surface area (Å²) in [5.41, 5.74) is 1.41. The predicted octanol–water partition coefficient (Wildman–Crippen LogP) is 3.98. The molecule has 6 nitrogen and oxygen atoms in total. The first-order valence-corrected chi connectivity index (χ1v) is 11.1. The Balaban J connectivity index is 1.91. The van der Waals surface area contributed by atoms with Crippen molar-refractivity contribution in [2.75, 3.05) is 10.0 Å². The maximum Gasteiger partial charge on any atom is 0.261 e. The lowest BCUT2D eigenvalue weighted by atomic mass is 10.1. The third-order valence-electron chi connectivity index (χ3n) is 4.65. The smallest absolute Gasteiger partial charge is 0.261 e. The molecule has 1 aliphatic rings. The van der Waals surface area contributed by atoms with Crippen molar-refractivity contribution >= 4 is 27.3 Å². The van der Waals surface area contributed by atoms with Gasteiger partial charge in [-0.25, -0.2) is 8.42 Å². The summed E-state index contributed by atoms with van der Waals surface area (Å²) in [6, 6.07) is 13.6. The molecular weight excluding hydrogens is 374 g/mol. The average Bonchev–Trinajstić information content (AvgIpc) is 3.14. The summed E-state index contributed by atoms with van der Waals surface area (Å²) in [5.74, 6) is -0.240. The molecule has 7 heteroatoms. The summed E-state index contributed by atoms with van der Waals surface area (Å²) >= 11 is 0. The van der Waals surface area contributed by atoms with Crippen LogP contribution in [0.2, 0.25) is 0 Å². The highest BCUT2D eigenvalue weighted by Crippen LogP contribution is 2.24. The fourth-order valence-corrected chi connectivity index (χ4v) is 4.49. The quantitative estimate of drug-likeness (QED) is 0.655. The van der Waals surface area contributed by atoms with Crippen LogP contribution >= 0.6 is 0 Å². The van der Waals surface area contributed by atoms with E-state index in [0.29, 0.717) is 16.9 Å². The average molecular weight is 402 g/mol. The lowest BCUT2D eigenvalue weighted by molar-refractivity contribution is 0.0937. The van der Waals surface area contributed by atoms with Gasteiger partial charge in [0.25, 0.3) is 15.9 Å². The molecule has 1 fully saturated rings. The van der Waals surface area contributed by atoms with Gasteiger partial charge < -0.3 is 10.6 Å². The largest absolute Gasteiger partial charge is 0.383 e. The van der Waals surface area contributed by atoms with E-state index in [0.717, 1.165) is 25.7 Å². The van der Waals surface area contributed by atoms with Gasteiger partial charge in [0, 0.05) is 29.0 Å². The Labute approximate surface area is 166 Å². The summed E-state index contributed by atoms with van der Waals surface area (Å²) in [6.07, 6.45) is 4.16. The summed E-state index contributed by atoms with van der Waals surface area (Å²) in [5, 5.41) is 6.22. The van der Waals surface area contributed by atoms with Crippen LogP contribution in [0.1, 0.15) is 49.9 Å². The highest BCUT2D eigenvalue weighted by molar-refractivity contribution is 7.92. The molecule has 3 rings (SSSR count). The number of hydrogen-bond donors (Lipinski definition) is 3. The van der Waals surface area contributed by atoms with Crippen molar-refractivity contribution in [3.05, 3.63) is 54.1 Å². The maximum atomic E-state index is 12.9. The first-order valence-electron chi connectivity index (χ1n) is 9.64. The lowest BCUT2D eigenvalue weighted by Crippen LogP contribution is -2.32. The first-order chi connectivity index (χ1) is 13.3. The summed E-state index contributed by atoms with van der Waals surface area (Å²) in [4.78, 5) is 12.8. The Kier molecular flexibility index (Phi) is 6.24. The monoisotopic (exact) mass is 401 g/mol. The molecule has 0 radical (unpaired) electrons. The fraction of sp³-hybridized carbons (Fsp3) is 0.381. The molecule has 0 bridgehead atoms. The number of amides is 1. The number of para-hydroxylation sites is 1. The van der Waals surface area contributed by atoms with Crippen molar-refractivity contribution < 1.29 is 13.2 Å². The third kappa shape index (κ3) is 5.25. The number of benzene rings is 2. The van der Waals surface area contributed by atoms with Gasteiger partial charge in [0.05, 0.1) is 4.90 Å². The van der Waals surface area contributed by atoms with Crippen LogP contribution in [0.15, 0.2) is 53.4 Å². The van der Waals surface area contributed by atoms with E-state index in [1.54, 1.807) is 36.4 Å². The number of carbonyl (C=O) groups excluding carboxylic acids is 1. The summed E-state index contributed by atoms with van der Waals surface area (Å²) in [6.45, 7) is 3.92. The number of nitrogens with one attached hydrogen (secondary N) is 3. The van der Waals surface area contributed by atoms with Gasteiger partial charge in [-0.05, 0) is 57.0 Å². The second kappa shape index (κ2) is 8.65. The van der Waals surface area contributed by atoms with Gasteiger partial charge >= 0.3 is 0 Å². The van der Waals surface area contributed by atoms with Crippen molar-refractivity contribution in [1.82, 2.24) is 5.32 Å². The van der Waals surface area contributed by atoms with E-state index in [9.17, 15) is 13.2 Å². The molecule has 0 saturated heterocycles. The highest BCUT2D eigenvalue weighted by Gasteiger charge is 2.21. The van der Waals surface area contributed by atoms with Crippen LogP contribution in [0.25, 0.3) is 0 Å². The molecule has 3 N–H and O–H groups in total. The molecule has 2 aromatic rings. The molecule has 0 unspecified atom stereocenters. The van der Waals surface area contributed by atoms with Crippen LogP contribution in [0.3, 0.4) is 0 Å². The molecule has 0 aliphatic heterocycles. The summed E-state index contributed by atoms with van der Waals surface area (Å²) < 4.78 is 28.3. The van der Waals surface area contributed by atoms with E-state index in [1.807, 2.05) is 19.9 Å². The molecule has 0 heterocycles. The van der Waals surface area contributed by atoms with Gasteiger partial charge in [0.2, 0.25) is 0 Å². The zero-order chi connectivity index (χ0) is 20.1. The van der Waals surface area contributed by atoms with Gasteiger partial charge in [-0.15, -0.1) is 0 Å². The van der Waals surface area contributed by atoms with Crippen LogP contribution in [0.4, 0.5) is 11.4 Å². The number of anilines is 2. The van der Waals surface area contributed by atoms with Crippen molar-refractivity contribution in [3.63, 3.8) is 0 Å². The zero-order valence-corrected chi connectivity index (χ0v) is 17.1. The van der Waals surface area contributed by atoms with E-state index >= 15 is 0 Å². The van der Waals surface area contributed by atoms with E-state index in [-0.39, 0.29) is 22.9 Å². The Morgan fingerprint density at radius 2 is 1.68 bits per heavy atom. The van der Waals surface area contributed by atoms with Gasteiger partial charge in [0.15, 0.2) is 0 Å². The van der Waals surface area contributed by atoms with Crippen LogP contribution in [0, 0.1) is 0 Å². The van der Waals surface area contributed by atoms with Crippen LogP contribution in [-0.4, -0.2) is 26.4 Å². The number of hydrogen-bond acceptors (Lipinski definition) is 4. The zero-order valence-electron chi connectivity index (χ0n) is 16.2. The number of sulfonamides is 1. The topological polar surface area (TPSA) is 87.3 Å². The van der Waals surface area contributed by atoms with E-state index in [4.69, 9.17) is 0 Å². The Morgan fingerprint density at radius 3 is 2.32 bits per heavy atom. The molecule has 1 aliphatic carbocycles. The lowest BCUT2D eigenvalue weighted by Gasteiger charge is -2.16. The fourth-order valence-electron chi connectivity index (χ4n) is 3.36. The van der Waals surface area contributed by atoms with Crippen LogP contribution in [0.5, 0.6) is 0 Å². The molecule has 1 saturated carbocycles. The molecule has 0 spiro atoms. The number of rotatable bonds is 7. The molecule has 2 aromatic carbocycles. The SMILES string of the molecule is CC(C)Nc1cc(C(=O)NC2CCCC2)cc(S(=O)(=O)Nc2ccccc2)c1. The Hall–Kier alpha value is -2.54. The number of carbonyl (C=O) groups is 1. The Morgan fingerprint density at radius 1 is 1.00 bits per heavy atom. The molecule has 28 heavy (non-hydrogen) atoms. The molecule has 1 amide bonds. The van der Waals surface area contributed by atoms with Gasteiger partial charge in [-0.3, -0.25) is 9.52 Å². The molecule has 0 atom stereocenters. The second-order valence-corrected chi connectivity index (χ2v) is 9.15. The van der Waals surface area contributed by atoms with E-state index in [1.165, 1.54) is 6.07 Å².